The van der Waals surface area contributed by atoms with Crippen LogP contribution in [-0.4, -0.2) is 31.2 Å². The molecule has 1 atom stereocenters. The highest BCUT2D eigenvalue weighted by molar-refractivity contribution is 7.89. The van der Waals surface area contributed by atoms with Crippen LogP contribution in [0.3, 0.4) is 0 Å². The van der Waals surface area contributed by atoms with Gasteiger partial charge in [0.05, 0.1) is 10.6 Å². The fourth-order valence-corrected chi connectivity index (χ4v) is 4.91. The van der Waals surface area contributed by atoms with Gasteiger partial charge < -0.3 is 5.32 Å². The van der Waals surface area contributed by atoms with Crippen LogP contribution in [0.15, 0.2) is 59.5 Å². The third kappa shape index (κ3) is 4.11. The van der Waals surface area contributed by atoms with Gasteiger partial charge in [-0.1, -0.05) is 36.8 Å². The van der Waals surface area contributed by atoms with Crippen LogP contribution in [0.1, 0.15) is 25.7 Å². The molecule has 138 valence electrons. The monoisotopic (exact) mass is 376 g/mol. The summed E-state index contributed by atoms with van der Waals surface area (Å²) in [4.78, 5) is 12.6. The van der Waals surface area contributed by atoms with Crippen LogP contribution in [0.25, 0.3) is 0 Å². The predicted octanol–water partition coefficient (Wildman–Crippen LogP) is 3.40. The Kier molecular flexibility index (Phi) is 5.68. The summed E-state index contributed by atoms with van der Waals surface area (Å²) >= 11 is 0. The van der Waals surface area contributed by atoms with Gasteiger partial charge in [0.15, 0.2) is 0 Å². The minimum absolute atomic E-state index is 0.000395. The number of para-hydroxylation sites is 1. The molecule has 2 aromatic carbocycles. The SMILES string of the molecule is O=C(C[C@@H]1CCCCN1S(=O)(=O)c1ccccc1)Nc1ccccc1F. The van der Waals surface area contributed by atoms with Crippen molar-refractivity contribution >= 4 is 21.6 Å². The van der Waals surface area contributed by atoms with E-state index >= 15 is 0 Å². The van der Waals surface area contributed by atoms with Crippen molar-refractivity contribution in [3.63, 3.8) is 0 Å². The zero-order chi connectivity index (χ0) is 18.6. The van der Waals surface area contributed by atoms with Crippen molar-refractivity contribution in [2.45, 2.75) is 36.6 Å². The van der Waals surface area contributed by atoms with E-state index in [9.17, 15) is 17.6 Å². The Morgan fingerprint density at radius 1 is 1.08 bits per heavy atom. The fourth-order valence-electron chi connectivity index (χ4n) is 3.20. The molecule has 0 aliphatic carbocycles. The zero-order valence-electron chi connectivity index (χ0n) is 14.3. The Bertz CT molecular complexity index is 871. The van der Waals surface area contributed by atoms with Gasteiger partial charge in [-0.3, -0.25) is 4.79 Å². The highest BCUT2D eigenvalue weighted by atomic mass is 32.2. The number of hydrogen-bond donors (Lipinski definition) is 1. The van der Waals surface area contributed by atoms with Crippen molar-refractivity contribution in [1.29, 1.82) is 0 Å². The Labute approximate surface area is 152 Å². The highest BCUT2D eigenvalue weighted by Crippen LogP contribution is 2.27. The van der Waals surface area contributed by atoms with Gasteiger partial charge in [0.1, 0.15) is 5.82 Å². The first-order chi connectivity index (χ1) is 12.5. The number of amides is 1. The van der Waals surface area contributed by atoms with Gasteiger partial charge in [0.25, 0.3) is 0 Å². The first-order valence-corrected chi connectivity index (χ1v) is 10.0. The third-order valence-electron chi connectivity index (χ3n) is 4.49. The molecule has 1 amide bonds. The molecule has 0 unspecified atom stereocenters. The molecule has 1 heterocycles. The van der Waals surface area contributed by atoms with Crippen LogP contribution in [0.2, 0.25) is 0 Å². The average Bonchev–Trinajstić information content (AvgIpc) is 2.65. The van der Waals surface area contributed by atoms with E-state index in [1.165, 1.54) is 16.4 Å². The Morgan fingerprint density at radius 3 is 2.50 bits per heavy atom. The maximum absolute atomic E-state index is 13.7. The lowest BCUT2D eigenvalue weighted by molar-refractivity contribution is -0.117. The van der Waals surface area contributed by atoms with Crippen molar-refractivity contribution in [2.24, 2.45) is 0 Å². The second kappa shape index (κ2) is 7.97. The van der Waals surface area contributed by atoms with Crippen molar-refractivity contribution in [3.8, 4) is 0 Å². The fraction of sp³-hybridized carbons (Fsp3) is 0.316. The zero-order valence-corrected chi connectivity index (χ0v) is 15.1. The summed E-state index contributed by atoms with van der Waals surface area (Å²) < 4.78 is 41.0. The second-order valence-corrected chi connectivity index (χ2v) is 8.20. The Morgan fingerprint density at radius 2 is 1.77 bits per heavy atom. The maximum atomic E-state index is 13.7. The summed E-state index contributed by atoms with van der Waals surface area (Å²) in [5, 5.41) is 2.53. The van der Waals surface area contributed by atoms with Gasteiger partial charge in [-0.05, 0) is 37.1 Å². The Balaban J connectivity index is 1.75. The highest BCUT2D eigenvalue weighted by Gasteiger charge is 2.34. The van der Waals surface area contributed by atoms with Gasteiger partial charge in [0, 0.05) is 19.0 Å². The minimum atomic E-state index is -3.66. The summed E-state index contributed by atoms with van der Waals surface area (Å²) in [7, 11) is -3.66. The topological polar surface area (TPSA) is 66.5 Å². The number of nitrogens with one attached hydrogen (secondary N) is 1. The van der Waals surface area contributed by atoms with E-state index in [0.717, 1.165) is 12.8 Å². The molecule has 7 heteroatoms. The molecule has 0 bridgehead atoms. The van der Waals surface area contributed by atoms with E-state index in [0.29, 0.717) is 13.0 Å². The van der Waals surface area contributed by atoms with Crippen molar-refractivity contribution in [2.75, 3.05) is 11.9 Å². The van der Waals surface area contributed by atoms with Gasteiger partial charge in [-0.2, -0.15) is 4.31 Å². The number of anilines is 1. The molecule has 26 heavy (non-hydrogen) atoms. The molecule has 1 saturated heterocycles. The van der Waals surface area contributed by atoms with Crippen LogP contribution in [0, 0.1) is 5.82 Å². The molecule has 1 N–H and O–H groups in total. The number of carbonyl (C=O) groups excluding carboxylic acids is 1. The smallest absolute Gasteiger partial charge is 0.243 e. The van der Waals surface area contributed by atoms with E-state index in [-0.39, 0.29) is 17.0 Å². The number of benzene rings is 2. The average molecular weight is 376 g/mol. The van der Waals surface area contributed by atoms with E-state index in [1.54, 1.807) is 42.5 Å². The summed E-state index contributed by atoms with van der Waals surface area (Å²) in [6, 6.07) is 13.7. The van der Waals surface area contributed by atoms with Crippen LogP contribution < -0.4 is 5.32 Å². The van der Waals surface area contributed by atoms with Gasteiger partial charge in [0.2, 0.25) is 15.9 Å². The maximum Gasteiger partial charge on any atom is 0.243 e. The molecule has 0 spiro atoms. The number of piperidine rings is 1. The number of carbonyl (C=O) groups is 1. The van der Waals surface area contributed by atoms with Crippen molar-refractivity contribution in [3.05, 3.63) is 60.4 Å². The summed E-state index contributed by atoms with van der Waals surface area (Å²) in [6.45, 7) is 0.384. The number of sulfonamides is 1. The third-order valence-corrected chi connectivity index (χ3v) is 6.46. The molecule has 3 rings (SSSR count). The van der Waals surface area contributed by atoms with E-state index in [4.69, 9.17) is 0 Å². The van der Waals surface area contributed by atoms with Gasteiger partial charge in [-0.15, -0.1) is 0 Å². The number of hydrogen-bond acceptors (Lipinski definition) is 3. The van der Waals surface area contributed by atoms with Gasteiger partial charge in [-0.25, -0.2) is 12.8 Å². The van der Waals surface area contributed by atoms with Crippen LogP contribution in [0.4, 0.5) is 10.1 Å². The lowest BCUT2D eigenvalue weighted by atomic mass is 10.0. The Hall–Kier alpha value is -2.25. The standard InChI is InChI=1S/C19H21FN2O3S/c20-17-11-4-5-12-18(17)21-19(23)14-15-8-6-7-13-22(15)26(24,25)16-9-2-1-3-10-16/h1-5,9-12,15H,6-8,13-14H2,(H,21,23)/t15-/m0/s1. The normalized spacial score (nSPS) is 18.4. The van der Waals surface area contributed by atoms with E-state index < -0.39 is 27.8 Å². The van der Waals surface area contributed by atoms with Crippen LogP contribution in [-0.2, 0) is 14.8 Å². The molecule has 1 aliphatic heterocycles. The van der Waals surface area contributed by atoms with Crippen LogP contribution >= 0.6 is 0 Å². The van der Waals surface area contributed by atoms with Crippen LogP contribution in [0.5, 0.6) is 0 Å². The molecule has 1 fully saturated rings. The molecule has 5 nitrogen and oxygen atoms in total. The first-order valence-electron chi connectivity index (χ1n) is 8.60. The lowest BCUT2D eigenvalue weighted by Crippen LogP contribution is -2.45. The van der Waals surface area contributed by atoms with E-state index in [2.05, 4.69) is 5.32 Å². The summed E-state index contributed by atoms with van der Waals surface area (Å²) in [5.41, 5.74) is 0.103. The number of halogens is 1. The largest absolute Gasteiger partial charge is 0.324 e. The second-order valence-electron chi connectivity index (χ2n) is 6.31. The molecule has 2 aromatic rings. The molecular formula is C19H21FN2O3S. The molecule has 0 radical (unpaired) electrons. The quantitative estimate of drug-likeness (QED) is 0.870. The van der Waals surface area contributed by atoms with Gasteiger partial charge >= 0.3 is 0 Å². The molecule has 0 saturated carbocycles. The first kappa shape index (κ1) is 18.5. The summed E-state index contributed by atoms with van der Waals surface area (Å²) in [5.74, 6) is -0.909. The number of rotatable bonds is 5. The molecular weight excluding hydrogens is 355 g/mol. The van der Waals surface area contributed by atoms with Crippen molar-refractivity contribution in [1.82, 2.24) is 4.31 Å². The lowest BCUT2D eigenvalue weighted by Gasteiger charge is -2.34. The predicted molar refractivity (Wildman–Crippen MR) is 97.6 cm³/mol. The molecule has 0 aromatic heterocycles. The van der Waals surface area contributed by atoms with E-state index in [1.807, 2.05) is 0 Å². The van der Waals surface area contributed by atoms with Crippen molar-refractivity contribution < 1.29 is 17.6 Å². The minimum Gasteiger partial charge on any atom is -0.324 e. The summed E-state index contributed by atoms with van der Waals surface area (Å²) in [6.07, 6.45) is 2.23. The number of nitrogens with zero attached hydrogens (tertiary/aromatic N) is 1. The molecule has 1 aliphatic rings.